The van der Waals surface area contributed by atoms with Crippen molar-refractivity contribution < 1.29 is 9.53 Å². The highest BCUT2D eigenvalue weighted by Gasteiger charge is 2.29. The number of piperidine rings is 1. The summed E-state index contributed by atoms with van der Waals surface area (Å²) < 4.78 is 5.32. The first-order valence-corrected chi connectivity index (χ1v) is 9.22. The molecule has 5 heteroatoms. The highest BCUT2D eigenvalue weighted by Crippen LogP contribution is 2.26. The molecule has 0 spiro atoms. The Morgan fingerprint density at radius 2 is 1.96 bits per heavy atom. The van der Waals surface area contributed by atoms with Crippen LogP contribution >= 0.6 is 0 Å². The predicted molar refractivity (Wildman–Crippen MR) is 93.6 cm³/mol. The van der Waals surface area contributed by atoms with E-state index in [9.17, 15) is 4.79 Å². The summed E-state index contributed by atoms with van der Waals surface area (Å²) >= 11 is 0. The van der Waals surface area contributed by atoms with Crippen molar-refractivity contribution in [2.24, 2.45) is 11.8 Å². The molecule has 1 saturated heterocycles. The maximum absolute atomic E-state index is 11.8. The highest BCUT2D eigenvalue weighted by molar-refractivity contribution is 5.67. The molecular formula is C18H35N3O2. The van der Waals surface area contributed by atoms with Crippen molar-refractivity contribution in [3.8, 4) is 0 Å². The van der Waals surface area contributed by atoms with Gasteiger partial charge in [0.05, 0.1) is 0 Å². The van der Waals surface area contributed by atoms with Crippen molar-refractivity contribution in [1.29, 1.82) is 0 Å². The van der Waals surface area contributed by atoms with Gasteiger partial charge in [0.1, 0.15) is 5.60 Å². The van der Waals surface area contributed by atoms with E-state index in [0.29, 0.717) is 12.0 Å². The second-order valence-corrected chi connectivity index (χ2v) is 8.36. The first kappa shape index (κ1) is 18.5. The lowest BCUT2D eigenvalue weighted by molar-refractivity contribution is 0.0517. The standard InChI is InChI=1S/C18H35N3O2/c1-18(2,3)23-17(22)20-12-15-8-5-9-16(15)19-11-14-7-6-10-21(4)13-14/h14-16,19H,5-13H2,1-4H3,(H,20,22). The molecule has 2 aliphatic rings. The van der Waals surface area contributed by atoms with E-state index >= 15 is 0 Å². The van der Waals surface area contributed by atoms with E-state index in [1.54, 1.807) is 0 Å². The third-order valence-electron chi connectivity index (χ3n) is 4.96. The molecule has 2 N–H and O–H groups in total. The van der Waals surface area contributed by atoms with Crippen molar-refractivity contribution in [1.82, 2.24) is 15.5 Å². The third-order valence-corrected chi connectivity index (χ3v) is 4.96. The van der Waals surface area contributed by atoms with Crippen LogP contribution in [0.4, 0.5) is 4.79 Å². The predicted octanol–water partition coefficient (Wildman–Crippen LogP) is 2.61. The van der Waals surface area contributed by atoms with Gasteiger partial charge >= 0.3 is 6.09 Å². The van der Waals surface area contributed by atoms with Crippen molar-refractivity contribution in [2.75, 3.05) is 33.2 Å². The van der Waals surface area contributed by atoms with Crippen molar-refractivity contribution in [2.45, 2.75) is 64.5 Å². The fourth-order valence-corrected chi connectivity index (χ4v) is 3.84. The number of carbonyl (C=O) groups is 1. The Morgan fingerprint density at radius 3 is 2.65 bits per heavy atom. The maximum Gasteiger partial charge on any atom is 0.407 e. The molecule has 2 rings (SSSR count). The van der Waals surface area contributed by atoms with E-state index in [1.165, 1.54) is 45.2 Å². The first-order valence-electron chi connectivity index (χ1n) is 9.22. The molecule has 1 heterocycles. The van der Waals surface area contributed by atoms with E-state index in [1.807, 2.05) is 20.8 Å². The number of hydrogen-bond donors (Lipinski definition) is 2. The largest absolute Gasteiger partial charge is 0.444 e. The SMILES string of the molecule is CN1CCCC(CNC2CCCC2CNC(=O)OC(C)(C)C)C1. The summed E-state index contributed by atoms with van der Waals surface area (Å²) in [6, 6.07) is 0.539. The number of nitrogens with one attached hydrogen (secondary N) is 2. The zero-order chi connectivity index (χ0) is 16.9. The average Bonchev–Trinajstić information content (AvgIpc) is 2.88. The molecule has 1 aliphatic carbocycles. The van der Waals surface area contributed by atoms with Crippen LogP contribution in [0.25, 0.3) is 0 Å². The summed E-state index contributed by atoms with van der Waals surface area (Å²) in [7, 11) is 2.22. The number of alkyl carbamates (subject to hydrolysis) is 1. The lowest BCUT2D eigenvalue weighted by Crippen LogP contribution is -2.44. The number of likely N-dealkylation sites (tertiary alicyclic amines) is 1. The molecule has 1 saturated carbocycles. The Hall–Kier alpha value is -0.810. The van der Waals surface area contributed by atoms with Gasteiger partial charge in [0.2, 0.25) is 0 Å². The molecule has 1 amide bonds. The normalized spacial score (nSPS) is 29.5. The van der Waals surface area contributed by atoms with Crippen LogP contribution in [-0.4, -0.2) is 55.9 Å². The summed E-state index contributed by atoms with van der Waals surface area (Å²) in [5.74, 6) is 1.30. The molecule has 0 aromatic heterocycles. The van der Waals surface area contributed by atoms with Crippen LogP contribution in [-0.2, 0) is 4.74 Å². The summed E-state index contributed by atoms with van der Waals surface area (Å²) in [5, 5.41) is 6.72. The number of amides is 1. The first-order chi connectivity index (χ1) is 10.8. The van der Waals surface area contributed by atoms with Gasteiger partial charge in [-0.15, -0.1) is 0 Å². The van der Waals surface area contributed by atoms with E-state index in [2.05, 4.69) is 22.6 Å². The van der Waals surface area contributed by atoms with E-state index in [0.717, 1.165) is 19.0 Å². The van der Waals surface area contributed by atoms with Gasteiger partial charge in [-0.2, -0.15) is 0 Å². The summed E-state index contributed by atoms with van der Waals surface area (Å²) in [6.45, 7) is 9.97. The van der Waals surface area contributed by atoms with Crippen LogP contribution < -0.4 is 10.6 Å². The van der Waals surface area contributed by atoms with Crippen LogP contribution in [0.1, 0.15) is 52.9 Å². The molecule has 0 radical (unpaired) electrons. The molecule has 0 aromatic carbocycles. The molecule has 2 fully saturated rings. The lowest BCUT2D eigenvalue weighted by atomic mass is 9.97. The van der Waals surface area contributed by atoms with Gasteiger partial charge in [0, 0.05) is 19.1 Å². The van der Waals surface area contributed by atoms with Crippen LogP contribution in [0.2, 0.25) is 0 Å². The molecular weight excluding hydrogens is 290 g/mol. The van der Waals surface area contributed by atoms with Crippen molar-refractivity contribution in [3.63, 3.8) is 0 Å². The van der Waals surface area contributed by atoms with Crippen molar-refractivity contribution >= 4 is 6.09 Å². The molecule has 134 valence electrons. The van der Waals surface area contributed by atoms with Crippen LogP contribution in [0.15, 0.2) is 0 Å². The lowest BCUT2D eigenvalue weighted by Gasteiger charge is -2.31. The Kier molecular flexibility index (Phi) is 6.72. The molecule has 23 heavy (non-hydrogen) atoms. The minimum Gasteiger partial charge on any atom is -0.444 e. The Balaban J connectivity index is 1.69. The number of carbonyl (C=O) groups excluding carboxylic acids is 1. The number of ether oxygens (including phenoxy) is 1. The molecule has 1 aliphatic heterocycles. The minimum atomic E-state index is -0.426. The topological polar surface area (TPSA) is 53.6 Å². The number of rotatable bonds is 5. The van der Waals surface area contributed by atoms with Gasteiger partial charge in [-0.25, -0.2) is 4.79 Å². The highest BCUT2D eigenvalue weighted by atomic mass is 16.6. The average molecular weight is 325 g/mol. The Labute approximate surface area is 141 Å². The van der Waals surface area contributed by atoms with Gasteiger partial charge in [-0.05, 0) is 78.4 Å². The Bertz CT molecular complexity index is 381. The minimum absolute atomic E-state index is 0.294. The van der Waals surface area contributed by atoms with Crippen LogP contribution in [0.3, 0.4) is 0 Å². The zero-order valence-electron chi connectivity index (χ0n) is 15.4. The van der Waals surface area contributed by atoms with E-state index in [4.69, 9.17) is 4.74 Å². The molecule has 3 atom stereocenters. The Morgan fingerprint density at radius 1 is 1.17 bits per heavy atom. The second kappa shape index (κ2) is 8.34. The third kappa shape index (κ3) is 6.68. The van der Waals surface area contributed by atoms with Gasteiger partial charge in [0.15, 0.2) is 0 Å². The van der Waals surface area contributed by atoms with Crippen LogP contribution in [0, 0.1) is 11.8 Å². The smallest absolute Gasteiger partial charge is 0.407 e. The summed E-state index contributed by atoms with van der Waals surface area (Å²) in [4.78, 5) is 14.2. The van der Waals surface area contributed by atoms with Gasteiger partial charge in [0.25, 0.3) is 0 Å². The van der Waals surface area contributed by atoms with E-state index in [-0.39, 0.29) is 6.09 Å². The van der Waals surface area contributed by atoms with Crippen molar-refractivity contribution in [3.05, 3.63) is 0 Å². The molecule has 5 nitrogen and oxygen atoms in total. The van der Waals surface area contributed by atoms with Gasteiger partial charge in [-0.3, -0.25) is 0 Å². The summed E-state index contributed by atoms with van der Waals surface area (Å²) in [5.41, 5.74) is -0.426. The zero-order valence-corrected chi connectivity index (χ0v) is 15.4. The van der Waals surface area contributed by atoms with Gasteiger partial charge in [-0.1, -0.05) is 6.42 Å². The summed E-state index contributed by atoms with van der Waals surface area (Å²) in [6.07, 6.45) is 6.03. The monoisotopic (exact) mass is 325 g/mol. The number of hydrogen-bond acceptors (Lipinski definition) is 4. The maximum atomic E-state index is 11.8. The van der Waals surface area contributed by atoms with Crippen LogP contribution in [0.5, 0.6) is 0 Å². The molecule has 0 bridgehead atoms. The fraction of sp³-hybridized carbons (Fsp3) is 0.944. The molecule has 0 aromatic rings. The quantitative estimate of drug-likeness (QED) is 0.816. The fourth-order valence-electron chi connectivity index (χ4n) is 3.84. The van der Waals surface area contributed by atoms with Gasteiger partial charge < -0.3 is 20.3 Å². The van der Waals surface area contributed by atoms with E-state index < -0.39 is 5.60 Å². The second-order valence-electron chi connectivity index (χ2n) is 8.36. The molecule has 3 unspecified atom stereocenters. The number of nitrogens with zero attached hydrogens (tertiary/aromatic N) is 1.